The van der Waals surface area contributed by atoms with Crippen LogP contribution in [-0.2, 0) is 10.0 Å². The van der Waals surface area contributed by atoms with Crippen molar-refractivity contribution in [2.75, 3.05) is 43.4 Å². The molecule has 9 heteroatoms. The highest BCUT2D eigenvalue weighted by Gasteiger charge is 2.27. The van der Waals surface area contributed by atoms with E-state index in [-0.39, 0.29) is 18.2 Å². The van der Waals surface area contributed by atoms with Crippen molar-refractivity contribution in [2.24, 2.45) is 0 Å². The second-order valence-electron chi connectivity index (χ2n) is 6.48. The lowest BCUT2D eigenvalue weighted by molar-refractivity contribution is 0.0954. The van der Waals surface area contributed by atoms with Crippen LogP contribution in [0.4, 0.5) is 5.82 Å². The molecular formula is C19H23ClN4O3S. The van der Waals surface area contributed by atoms with Crippen LogP contribution in [0.15, 0.2) is 48.7 Å². The van der Waals surface area contributed by atoms with Crippen LogP contribution in [0.2, 0.25) is 5.02 Å². The molecule has 1 fully saturated rings. The van der Waals surface area contributed by atoms with Gasteiger partial charge in [-0.3, -0.25) is 4.79 Å². The van der Waals surface area contributed by atoms with Crippen LogP contribution < -0.4 is 10.2 Å². The molecule has 0 bridgehead atoms. The number of nitrogens with one attached hydrogen (secondary N) is 1. The Kier molecular flexibility index (Phi) is 6.88. The van der Waals surface area contributed by atoms with Crippen molar-refractivity contribution in [3.05, 3.63) is 59.2 Å². The van der Waals surface area contributed by atoms with Crippen LogP contribution in [-0.4, -0.2) is 62.1 Å². The minimum absolute atomic E-state index is 0.000606. The van der Waals surface area contributed by atoms with Gasteiger partial charge in [0.1, 0.15) is 5.82 Å². The number of aromatic nitrogens is 1. The van der Waals surface area contributed by atoms with Crippen molar-refractivity contribution < 1.29 is 13.2 Å². The fourth-order valence-corrected chi connectivity index (χ4v) is 4.77. The highest BCUT2D eigenvalue weighted by molar-refractivity contribution is 7.89. The lowest BCUT2D eigenvalue weighted by Gasteiger charge is -2.34. The van der Waals surface area contributed by atoms with Crippen molar-refractivity contribution in [1.29, 1.82) is 0 Å². The van der Waals surface area contributed by atoms with Crippen LogP contribution in [0.1, 0.15) is 16.8 Å². The summed E-state index contributed by atoms with van der Waals surface area (Å²) in [7, 11) is -3.35. The number of hydrogen-bond donors (Lipinski definition) is 1. The maximum absolute atomic E-state index is 12.6. The molecule has 0 unspecified atom stereocenters. The quantitative estimate of drug-likeness (QED) is 0.690. The van der Waals surface area contributed by atoms with Gasteiger partial charge in [-0.05, 0) is 30.7 Å². The van der Waals surface area contributed by atoms with Gasteiger partial charge in [0, 0.05) is 38.9 Å². The number of piperazine rings is 1. The average Bonchev–Trinajstić information content (AvgIpc) is 2.72. The Bertz CT molecular complexity index is 900. The third-order valence-corrected chi connectivity index (χ3v) is 6.87. The summed E-state index contributed by atoms with van der Waals surface area (Å²) < 4.78 is 26.6. The van der Waals surface area contributed by atoms with Gasteiger partial charge in [-0.2, -0.15) is 4.31 Å². The van der Waals surface area contributed by atoms with Crippen molar-refractivity contribution in [3.63, 3.8) is 0 Å². The molecule has 0 aliphatic carbocycles. The number of carbonyl (C=O) groups is 1. The molecule has 3 rings (SSSR count). The minimum atomic E-state index is -3.35. The van der Waals surface area contributed by atoms with Crippen LogP contribution in [0.25, 0.3) is 0 Å². The Hall–Kier alpha value is -2.16. The molecule has 1 N–H and O–H groups in total. The summed E-state index contributed by atoms with van der Waals surface area (Å²) in [6, 6.07) is 12.5. The van der Waals surface area contributed by atoms with Gasteiger partial charge in [0.15, 0.2) is 0 Å². The summed E-state index contributed by atoms with van der Waals surface area (Å²) in [4.78, 5) is 18.5. The summed E-state index contributed by atoms with van der Waals surface area (Å²) in [5.74, 6) is 0.563. The molecule has 1 aromatic heterocycles. The highest BCUT2D eigenvalue weighted by Crippen LogP contribution is 2.16. The second-order valence-corrected chi connectivity index (χ2v) is 8.98. The van der Waals surface area contributed by atoms with Gasteiger partial charge in [-0.15, -0.1) is 0 Å². The van der Waals surface area contributed by atoms with E-state index in [2.05, 4.69) is 15.2 Å². The molecule has 2 heterocycles. The first-order chi connectivity index (χ1) is 13.5. The topological polar surface area (TPSA) is 82.6 Å². The molecule has 0 spiro atoms. The van der Waals surface area contributed by atoms with Crippen LogP contribution >= 0.6 is 11.6 Å². The average molecular weight is 423 g/mol. The third-order valence-electron chi connectivity index (χ3n) is 4.59. The maximum Gasteiger partial charge on any atom is 0.252 e. The van der Waals surface area contributed by atoms with Crippen LogP contribution in [0.3, 0.4) is 0 Å². The molecular weight excluding hydrogens is 400 g/mol. The fraction of sp³-hybridized carbons (Fsp3) is 0.368. The smallest absolute Gasteiger partial charge is 0.252 e. The Morgan fingerprint density at radius 1 is 1.07 bits per heavy atom. The van der Waals surface area contributed by atoms with E-state index in [0.29, 0.717) is 43.2 Å². The number of pyridine rings is 1. The molecule has 1 amide bonds. The summed E-state index contributed by atoms with van der Waals surface area (Å²) in [6.07, 6.45) is 2.08. The van der Waals surface area contributed by atoms with E-state index in [1.807, 2.05) is 18.2 Å². The van der Waals surface area contributed by atoms with Crippen LogP contribution in [0, 0.1) is 0 Å². The molecule has 1 aliphatic heterocycles. The van der Waals surface area contributed by atoms with E-state index in [4.69, 9.17) is 11.6 Å². The molecule has 7 nitrogen and oxygen atoms in total. The lowest BCUT2D eigenvalue weighted by atomic mass is 10.2. The first-order valence-electron chi connectivity index (χ1n) is 9.14. The Morgan fingerprint density at radius 3 is 2.46 bits per heavy atom. The largest absolute Gasteiger partial charge is 0.354 e. The molecule has 150 valence electrons. The monoisotopic (exact) mass is 422 g/mol. The zero-order valence-electron chi connectivity index (χ0n) is 15.4. The first-order valence-corrected chi connectivity index (χ1v) is 11.1. The number of hydrogen-bond acceptors (Lipinski definition) is 5. The summed E-state index contributed by atoms with van der Waals surface area (Å²) in [5, 5.41) is 3.09. The number of carbonyl (C=O) groups excluding carboxylic acids is 1. The van der Waals surface area contributed by atoms with E-state index in [1.165, 1.54) is 4.31 Å². The minimum Gasteiger partial charge on any atom is -0.354 e. The normalized spacial score (nSPS) is 15.4. The molecule has 0 radical (unpaired) electrons. The van der Waals surface area contributed by atoms with Gasteiger partial charge in [-0.25, -0.2) is 13.4 Å². The molecule has 1 aromatic carbocycles. The van der Waals surface area contributed by atoms with Gasteiger partial charge in [0.25, 0.3) is 5.91 Å². The van der Waals surface area contributed by atoms with E-state index >= 15 is 0 Å². The number of benzene rings is 1. The van der Waals surface area contributed by atoms with Crippen molar-refractivity contribution in [1.82, 2.24) is 14.6 Å². The van der Waals surface area contributed by atoms with E-state index in [9.17, 15) is 13.2 Å². The van der Waals surface area contributed by atoms with Crippen molar-refractivity contribution in [2.45, 2.75) is 6.42 Å². The van der Waals surface area contributed by atoms with Gasteiger partial charge in [0.05, 0.1) is 16.3 Å². The number of rotatable bonds is 7. The van der Waals surface area contributed by atoms with Gasteiger partial charge < -0.3 is 10.2 Å². The van der Waals surface area contributed by atoms with Crippen LogP contribution in [0.5, 0.6) is 0 Å². The summed E-state index contributed by atoms with van der Waals surface area (Å²) in [5.41, 5.74) is 0.387. The Balaban J connectivity index is 1.43. The Labute approximate surface area is 170 Å². The standard InChI is InChI=1S/C19H23ClN4O3S/c20-17-7-2-1-6-16(17)19(25)22-10-5-15-28(26,27)24-13-11-23(12-14-24)18-8-3-4-9-21-18/h1-4,6-9H,5,10-15H2,(H,22,25). The zero-order valence-corrected chi connectivity index (χ0v) is 17.0. The van der Waals surface area contributed by atoms with Crippen molar-refractivity contribution in [3.8, 4) is 0 Å². The van der Waals surface area contributed by atoms with Gasteiger partial charge in [0.2, 0.25) is 10.0 Å². The number of anilines is 1. The molecule has 0 atom stereocenters. The molecule has 0 saturated carbocycles. The number of nitrogens with zero attached hydrogens (tertiary/aromatic N) is 3. The summed E-state index contributed by atoms with van der Waals surface area (Å²) in [6.45, 7) is 2.37. The Morgan fingerprint density at radius 2 is 1.79 bits per heavy atom. The molecule has 2 aromatic rings. The predicted molar refractivity (Wildman–Crippen MR) is 110 cm³/mol. The highest BCUT2D eigenvalue weighted by atomic mass is 35.5. The second kappa shape index (κ2) is 9.36. The third kappa shape index (κ3) is 5.21. The zero-order chi connectivity index (χ0) is 20.0. The first kappa shape index (κ1) is 20.6. The number of amides is 1. The lowest BCUT2D eigenvalue weighted by Crippen LogP contribution is -2.49. The number of sulfonamides is 1. The SMILES string of the molecule is O=C(NCCCS(=O)(=O)N1CCN(c2ccccn2)CC1)c1ccccc1Cl. The molecule has 28 heavy (non-hydrogen) atoms. The number of halogens is 1. The van der Waals surface area contributed by atoms with Crippen molar-refractivity contribution >= 4 is 33.3 Å². The molecule has 1 saturated heterocycles. The van der Waals surface area contributed by atoms with E-state index in [1.54, 1.807) is 30.5 Å². The molecule has 1 aliphatic rings. The van der Waals surface area contributed by atoms with Gasteiger partial charge in [-0.1, -0.05) is 29.8 Å². The summed E-state index contributed by atoms with van der Waals surface area (Å²) >= 11 is 5.99. The maximum atomic E-state index is 12.6. The van der Waals surface area contributed by atoms with E-state index < -0.39 is 10.0 Å². The predicted octanol–water partition coefficient (Wildman–Crippen LogP) is 2.01. The van der Waals surface area contributed by atoms with Gasteiger partial charge >= 0.3 is 0 Å². The fourth-order valence-electron chi connectivity index (χ4n) is 3.06. The van der Waals surface area contributed by atoms with E-state index in [0.717, 1.165) is 5.82 Å².